The molecule has 0 fully saturated rings. The highest BCUT2D eigenvalue weighted by Gasteiger charge is 2.38. The maximum absolute atomic E-state index is 13.4. The average Bonchev–Trinajstić information content (AvgIpc) is 3.39. The van der Waals surface area contributed by atoms with Crippen molar-refractivity contribution < 1.29 is 18.3 Å². The van der Waals surface area contributed by atoms with Crippen molar-refractivity contribution in [1.82, 2.24) is 19.4 Å². The second-order valence-electron chi connectivity index (χ2n) is 8.20. The second kappa shape index (κ2) is 8.94. The number of phenolic OH excluding ortho intramolecular Hbond substituents is 1. The fourth-order valence-electron chi connectivity index (χ4n) is 4.25. The van der Waals surface area contributed by atoms with E-state index in [0.29, 0.717) is 23.2 Å². The Bertz CT molecular complexity index is 1550. The molecule has 1 N–H and O–H groups in total. The number of nitrogens with zero attached hydrogens (tertiary/aromatic N) is 5. The molecule has 1 unspecified atom stereocenters. The molecule has 0 aliphatic carbocycles. The normalized spacial score (nSPS) is 13.1. The third-order valence-corrected chi connectivity index (χ3v) is 7.96. The minimum atomic E-state index is -4.04. The lowest BCUT2D eigenvalue weighted by molar-refractivity contribution is 0.0764. The van der Waals surface area contributed by atoms with Gasteiger partial charge in [0.1, 0.15) is 5.52 Å². The van der Waals surface area contributed by atoms with Crippen LogP contribution in [0.1, 0.15) is 28.9 Å². The molecule has 0 spiro atoms. The number of fused-ring (bicyclic) bond motifs is 2. The molecule has 1 atom stereocenters. The number of aromatic nitrogens is 3. The lowest BCUT2D eigenvalue weighted by Crippen LogP contribution is -2.28. The van der Waals surface area contributed by atoms with Gasteiger partial charge in [-0.15, -0.1) is 9.24 Å². The Hall–Kier alpha value is -3.49. The van der Waals surface area contributed by atoms with Gasteiger partial charge in [0, 0.05) is 50.5 Å². The van der Waals surface area contributed by atoms with Crippen molar-refractivity contribution in [1.29, 1.82) is 0 Å². The number of carbonyl (C=O) groups excluding carboxylic acids is 1. The van der Waals surface area contributed by atoms with E-state index in [2.05, 4.69) is 19.2 Å². The van der Waals surface area contributed by atoms with Gasteiger partial charge < -0.3 is 14.6 Å². The van der Waals surface area contributed by atoms with Gasteiger partial charge in [0.15, 0.2) is 10.8 Å². The highest BCUT2D eigenvalue weighted by molar-refractivity contribution is 7.92. The van der Waals surface area contributed by atoms with E-state index in [0.717, 1.165) is 15.2 Å². The fraction of sp³-hybridized carbons (Fsp3) is 0.208. The van der Waals surface area contributed by atoms with E-state index in [1.165, 1.54) is 25.8 Å². The van der Waals surface area contributed by atoms with E-state index in [-0.39, 0.29) is 41.7 Å². The first-order valence-electron chi connectivity index (χ1n) is 10.4. The molecule has 1 amide bonds. The van der Waals surface area contributed by atoms with Gasteiger partial charge in [-0.05, 0) is 23.0 Å². The number of phenols is 1. The number of hydrogen-bond acceptors (Lipinski definition) is 6. The molecule has 182 valence electrons. The Morgan fingerprint density at radius 2 is 1.89 bits per heavy atom. The molecule has 1 aliphatic rings. The van der Waals surface area contributed by atoms with E-state index in [1.54, 1.807) is 28.6 Å². The van der Waals surface area contributed by atoms with E-state index >= 15 is 0 Å². The molecule has 11 heteroatoms. The summed E-state index contributed by atoms with van der Waals surface area (Å²) in [5.74, 6) is -0.620. The number of amides is 1. The number of aryl methyl sites for hydroxylation is 1. The van der Waals surface area contributed by atoms with Gasteiger partial charge in [0.2, 0.25) is 0 Å². The van der Waals surface area contributed by atoms with Crippen LogP contribution in [0.3, 0.4) is 0 Å². The van der Waals surface area contributed by atoms with Crippen LogP contribution in [-0.4, -0.2) is 45.9 Å². The van der Waals surface area contributed by atoms with E-state index < -0.39 is 10.0 Å². The summed E-state index contributed by atoms with van der Waals surface area (Å²) in [6, 6.07) is 11.1. The van der Waals surface area contributed by atoms with Crippen LogP contribution in [0, 0.1) is 0 Å². The van der Waals surface area contributed by atoms with Crippen molar-refractivity contribution in [3.63, 3.8) is 0 Å². The summed E-state index contributed by atoms with van der Waals surface area (Å²) in [6.45, 7) is 0.463. The Kier molecular flexibility index (Phi) is 6.29. The summed E-state index contributed by atoms with van der Waals surface area (Å²) in [5.41, 5.74) is 1.91. The lowest BCUT2D eigenvalue weighted by atomic mass is 10.0. The smallest absolute Gasteiger partial charge is 0.283 e. The Morgan fingerprint density at radius 3 is 2.54 bits per heavy atom. The van der Waals surface area contributed by atoms with Crippen molar-refractivity contribution in [3.8, 4) is 5.75 Å². The Balaban J connectivity index is 0.00000289. The van der Waals surface area contributed by atoms with Crippen molar-refractivity contribution >= 4 is 47.1 Å². The minimum absolute atomic E-state index is 0. The number of hydrogen-bond donors (Lipinski definition) is 1. The molecule has 3 heterocycles. The summed E-state index contributed by atoms with van der Waals surface area (Å²) < 4.78 is 29.5. The number of aromatic hydroxyl groups is 1. The van der Waals surface area contributed by atoms with Crippen LogP contribution < -0.4 is 9.61 Å². The minimum Gasteiger partial charge on any atom is -0.505 e. The van der Waals surface area contributed by atoms with Crippen LogP contribution in [0.5, 0.6) is 5.75 Å². The van der Waals surface area contributed by atoms with Crippen molar-refractivity contribution in [2.24, 2.45) is 7.05 Å². The molecule has 0 saturated heterocycles. The SMILES string of the molecule is C.CN(c1c2c(c(O)c3ncccc13)C(=O)N(Cc1ccc(P)cc1)C2)S(=O)(=O)c1cn(C)cn1. The molecule has 1 aliphatic heterocycles. The first kappa shape index (κ1) is 24.6. The van der Waals surface area contributed by atoms with Gasteiger partial charge in [0.05, 0.1) is 17.6 Å². The molecule has 9 nitrogen and oxygen atoms in total. The van der Waals surface area contributed by atoms with E-state index in [1.807, 2.05) is 24.3 Å². The van der Waals surface area contributed by atoms with Gasteiger partial charge in [-0.1, -0.05) is 31.7 Å². The first-order chi connectivity index (χ1) is 16.2. The maximum atomic E-state index is 13.4. The summed E-state index contributed by atoms with van der Waals surface area (Å²) in [4.78, 5) is 23.2. The number of pyridine rings is 1. The summed E-state index contributed by atoms with van der Waals surface area (Å²) in [6.07, 6.45) is 4.32. The molecule has 0 bridgehead atoms. The average molecular weight is 512 g/mol. The second-order valence-corrected chi connectivity index (χ2v) is 10.8. The van der Waals surface area contributed by atoms with Crippen molar-refractivity contribution in [2.75, 3.05) is 11.4 Å². The number of imidazole rings is 1. The molecule has 5 rings (SSSR count). The largest absolute Gasteiger partial charge is 0.505 e. The quantitative estimate of drug-likeness (QED) is 0.413. The van der Waals surface area contributed by atoms with Crippen LogP contribution in [0.25, 0.3) is 10.9 Å². The number of benzene rings is 2. The molecule has 2 aromatic heterocycles. The zero-order valence-corrected chi connectivity index (χ0v) is 20.5. The highest BCUT2D eigenvalue weighted by atomic mass is 32.2. The maximum Gasteiger partial charge on any atom is 0.283 e. The van der Waals surface area contributed by atoms with Gasteiger partial charge in [-0.25, -0.2) is 4.98 Å². The van der Waals surface area contributed by atoms with Gasteiger partial charge in [0.25, 0.3) is 15.9 Å². The monoisotopic (exact) mass is 511 g/mol. The molecule has 35 heavy (non-hydrogen) atoms. The van der Waals surface area contributed by atoms with Crippen LogP contribution in [-0.2, 0) is 30.2 Å². The number of carbonyl (C=O) groups is 1. The van der Waals surface area contributed by atoms with E-state index in [9.17, 15) is 18.3 Å². The third kappa shape index (κ3) is 4.02. The molecular formula is C24H26N5O4PS. The molecule has 4 aromatic rings. The third-order valence-electron chi connectivity index (χ3n) is 5.94. The molecule has 0 radical (unpaired) electrons. The van der Waals surface area contributed by atoms with Crippen LogP contribution in [0.2, 0.25) is 0 Å². The zero-order valence-electron chi connectivity index (χ0n) is 18.5. The predicted molar refractivity (Wildman–Crippen MR) is 138 cm³/mol. The van der Waals surface area contributed by atoms with Crippen molar-refractivity contribution in [2.45, 2.75) is 25.5 Å². The molecule has 2 aromatic carbocycles. The van der Waals surface area contributed by atoms with Gasteiger partial charge >= 0.3 is 0 Å². The standard InChI is InChI=1S/C23H22N5O4PS.CH4/c1-26-12-18(25-13-26)34(31,32)27(2)21-16-4-3-9-24-20(16)22(29)19-17(21)11-28(23(19)30)10-14-5-7-15(33)8-6-14;/h3-9,12-13,29H,10-11,33H2,1-2H3;1H4. The topological polar surface area (TPSA) is 109 Å². The summed E-state index contributed by atoms with van der Waals surface area (Å²) >= 11 is 0. The molecule has 0 saturated carbocycles. The number of anilines is 1. The number of sulfonamides is 1. The number of rotatable bonds is 5. The Labute approximate surface area is 206 Å². The van der Waals surface area contributed by atoms with Crippen LogP contribution >= 0.6 is 9.24 Å². The summed E-state index contributed by atoms with van der Waals surface area (Å²) in [7, 11) is 1.69. The predicted octanol–water partition coefficient (Wildman–Crippen LogP) is 2.79. The van der Waals surface area contributed by atoms with E-state index in [4.69, 9.17) is 0 Å². The van der Waals surface area contributed by atoms with Crippen LogP contribution in [0.15, 0.2) is 60.1 Å². The fourth-order valence-corrected chi connectivity index (χ4v) is 5.65. The summed E-state index contributed by atoms with van der Waals surface area (Å²) in [5, 5.41) is 12.3. The van der Waals surface area contributed by atoms with Crippen LogP contribution in [0.4, 0.5) is 5.69 Å². The zero-order chi connectivity index (χ0) is 24.2. The lowest BCUT2D eigenvalue weighted by Gasteiger charge is -2.23. The highest BCUT2D eigenvalue weighted by Crippen LogP contribution is 2.45. The van der Waals surface area contributed by atoms with Gasteiger partial charge in [-0.3, -0.25) is 14.1 Å². The molecular weight excluding hydrogens is 485 g/mol. The Morgan fingerprint density at radius 1 is 1.17 bits per heavy atom. The first-order valence-corrected chi connectivity index (χ1v) is 12.4. The van der Waals surface area contributed by atoms with Crippen molar-refractivity contribution in [3.05, 3.63) is 71.8 Å². The van der Waals surface area contributed by atoms with Gasteiger partial charge in [-0.2, -0.15) is 8.42 Å².